The largest absolute Gasteiger partial charge is 0.341 e. The molecule has 1 aromatic rings. The molecule has 0 aliphatic rings. The van der Waals surface area contributed by atoms with E-state index < -0.39 is 29.1 Å². The lowest BCUT2D eigenvalue weighted by Crippen LogP contribution is -2.27. The molecule has 16 heavy (non-hydrogen) atoms. The second-order valence-corrected chi connectivity index (χ2v) is 2.86. The van der Waals surface area contributed by atoms with Crippen LogP contribution in [0.1, 0.15) is 23.7 Å². The SMILES string of the molecule is CCC(=O)ONC(=O)c1cccc(F)c1F. The number of amides is 1. The molecule has 0 atom stereocenters. The lowest BCUT2D eigenvalue weighted by Gasteiger charge is -2.05. The van der Waals surface area contributed by atoms with Crippen LogP contribution in [-0.2, 0) is 9.63 Å². The standard InChI is InChI=1S/C10H9F2NO3/c1-2-8(14)16-13-10(15)6-4-3-5-7(11)9(6)12/h3-5H,2H2,1H3,(H,13,15). The van der Waals surface area contributed by atoms with Crippen molar-refractivity contribution in [1.29, 1.82) is 0 Å². The first-order chi connectivity index (χ1) is 7.56. The van der Waals surface area contributed by atoms with E-state index in [9.17, 15) is 18.4 Å². The first kappa shape index (κ1) is 12.1. The molecule has 0 saturated heterocycles. The maximum absolute atomic E-state index is 13.1. The molecule has 0 bridgehead atoms. The van der Waals surface area contributed by atoms with E-state index in [2.05, 4.69) is 4.84 Å². The van der Waals surface area contributed by atoms with E-state index >= 15 is 0 Å². The van der Waals surface area contributed by atoms with Crippen molar-refractivity contribution in [2.45, 2.75) is 13.3 Å². The molecule has 1 rings (SSSR count). The Hall–Kier alpha value is -1.98. The van der Waals surface area contributed by atoms with Crippen LogP contribution < -0.4 is 5.48 Å². The molecule has 0 aromatic heterocycles. The molecular formula is C10H9F2NO3. The number of halogens is 2. The summed E-state index contributed by atoms with van der Waals surface area (Å²) in [5.74, 6) is -4.12. The minimum absolute atomic E-state index is 0.0614. The average Bonchev–Trinajstić information content (AvgIpc) is 2.29. The van der Waals surface area contributed by atoms with Crippen LogP contribution in [0.4, 0.5) is 8.78 Å². The molecule has 1 amide bonds. The maximum Gasteiger partial charge on any atom is 0.331 e. The lowest BCUT2D eigenvalue weighted by molar-refractivity contribution is -0.148. The summed E-state index contributed by atoms with van der Waals surface area (Å²) in [6.45, 7) is 1.53. The smallest absolute Gasteiger partial charge is 0.331 e. The van der Waals surface area contributed by atoms with Crippen LogP contribution in [0.25, 0.3) is 0 Å². The van der Waals surface area contributed by atoms with Gasteiger partial charge in [-0.2, -0.15) is 5.48 Å². The van der Waals surface area contributed by atoms with Crippen molar-refractivity contribution >= 4 is 11.9 Å². The summed E-state index contributed by atoms with van der Waals surface area (Å²) in [6, 6.07) is 3.13. The van der Waals surface area contributed by atoms with E-state index in [0.717, 1.165) is 12.1 Å². The number of carbonyl (C=O) groups is 2. The van der Waals surface area contributed by atoms with Gasteiger partial charge in [0.05, 0.1) is 5.56 Å². The topological polar surface area (TPSA) is 55.4 Å². The summed E-state index contributed by atoms with van der Waals surface area (Å²) >= 11 is 0. The predicted molar refractivity (Wildman–Crippen MR) is 50.2 cm³/mol. The normalized spacial score (nSPS) is 9.69. The lowest BCUT2D eigenvalue weighted by atomic mass is 10.2. The molecule has 4 nitrogen and oxygen atoms in total. The molecule has 1 N–H and O–H groups in total. The van der Waals surface area contributed by atoms with Gasteiger partial charge in [0, 0.05) is 6.42 Å². The van der Waals surface area contributed by atoms with Gasteiger partial charge in [0.1, 0.15) is 0 Å². The first-order valence-electron chi connectivity index (χ1n) is 4.50. The van der Waals surface area contributed by atoms with Gasteiger partial charge in [-0.05, 0) is 12.1 Å². The zero-order valence-electron chi connectivity index (χ0n) is 8.42. The summed E-state index contributed by atoms with van der Waals surface area (Å²) in [7, 11) is 0. The minimum atomic E-state index is -1.28. The third-order valence-corrected chi connectivity index (χ3v) is 1.74. The molecule has 0 saturated carbocycles. The molecular weight excluding hydrogens is 220 g/mol. The second kappa shape index (κ2) is 5.20. The number of rotatable bonds is 2. The fourth-order valence-electron chi connectivity index (χ4n) is 0.910. The molecule has 86 valence electrons. The zero-order valence-corrected chi connectivity index (χ0v) is 8.42. The average molecular weight is 229 g/mol. The Kier molecular flexibility index (Phi) is 3.93. The summed E-state index contributed by atoms with van der Waals surface area (Å²) in [4.78, 5) is 26.2. The van der Waals surface area contributed by atoms with Gasteiger partial charge in [-0.1, -0.05) is 13.0 Å². The Morgan fingerprint density at radius 3 is 2.69 bits per heavy atom. The van der Waals surface area contributed by atoms with Crippen LogP contribution >= 0.6 is 0 Å². The number of hydrogen-bond donors (Lipinski definition) is 1. The van der Waals surface area contributed by atoms with Crippen molar-refractivity contribution in [3.8, 4) is 0 Å². The van der Waals surface area contributed by atoms with Crippen molar-refractivity contribution in [2.24, 2.45) is 0 Å². The van der Waals surface area contributed by atoms with Crippen LogP contribution in [0.15, 0.2) is 18.2 Å². The van der Waals surface area contributed by atoms with Gasteiger partial charge in [0.2, 0.25) is 0 Å². The second-order valence-electron chi connectivity index (χ2n) is 2.86. The summed E-state index contributed by atoms with van der Waals surface area (Å²) < 4.78 is 25.8. The number of hydrogen-bond acceptors (Lipinski definition) is 3. The molecule has 0 radical (unpaired) electrons. The van der Waals surface area contributed by atoms with Gasteiger partial charge in [0.25, 0.3) is 5.91 Å². The quantitative estimate of drug-likeness (QED) is 0.783. The molecule has 1 aromatic carbocycles. The van der Waals surface area contributed by atoms with E-state index in [1.807, 2.05) is 0 Å². The van der Waals surface area contributed by atoms with E-state index in [1.165, 1.54) is 13.0 Å². The Morgan fingerprint density at radius 1 is 1.38 bits per heavy atom. The van der Waals surface area contributed by atoms with Crippen molar-refractivity contribution in [3.05, 3.63) is 35.4 Å². The van der Waals surface area contributed by atoms with Crippen LogP contribution in [0.3, 0.4) is 0 Å². The maximum atomic E-state index is 13.1. The highest BCUT2D eigenvalue weighted by atomic mass is 19.2. The fourth-order valence-corrected chi connectivity index (χ4v) is 0.910. The molecule has 6 heteroatoms. The Labute approximate surface area is 90.2 Å². The summed E-state index contributed by atoms with van der Waals surface area (Å²) in [5.41, 5.74) is 1.20. The highest BCUT2D eigenvalue weighted by Crippen LogP contribution is 2.10. The van der Waals surface area contributed by atoms with Crippen LogP contribution in [-0.4, -0.2) is 11.9 Å². The molecule has 0 aliphatic carbocycles. The van der Waals surface area contributed by atoms with E-state index in [0.29, 0.717) is 0 Å². The summed E-state index contributed by atoms with van der Waals surface area (Å²) in [6.07, 6.45) is 0.0614. The third-order valence-electron chi connectivity index (χ3n) is 1.74. The van der Waals surface area contributed by atoms with Crippen molar-refractivity contribution < 1.29 is 23.2 Å². The highest BCUT2D eigenvalue weighted by molar-refractivity contribution is 5.94. The molecule has 0 heterocycles. The number of hydroxylamine groups is 1. The van der Waals surface area contributed by atoms with E-state index in [-0.39, 0.29) is 6.42 Å². The van der Waals surface area contributed by atoms with Crippen LogP contribution in [0.2, 0.25) is 0 Å². The van der Waals surface area contributed by atoms with Crippen molar-refractivity contribution in [3.63, 3.8) is 0 Å². The third kappa shape index (κ3) is 2.75. The predicted octanol–water partition coefficient (Wildman–Crippen LogP) is 1.56. The molecule has 0 fully saturated rings. The van der Waals surface area contributed by atoms with E-state index in [4.69, 9.17) is 0 Å². The fraction of sp³-hybridized carbons (Fsp3) is 0.200. The van der Waals surface area contributed by atoms with Gasteiger partial charge in [-0.3, -0.25) is 4.79 Å². The molecule has 0 spiro atoms. The van der Waals surface area contributed by atoms with Gasteiger partial charge < -0.3 is 4.84 Å². The summed E-state index contributed by atoms with van der Waals surface area (Å²) in [5, 5.41) is 0. The molecule has 0 unspecified atom stereocenters. The Bertz CT molecular complexity index is 421. The van der Waals surface area contributed by atoms with E-state index in [1.54, 1.807) is 5.48 Å². The highest BCUT2D eigenvalue weighted by Gasteiger charge is 2.15. The van der Waals surface area contributed by atoms with Crippen LogP contribution in [0, 0.1) is 11.6 Å². The minimum Gasteiger partial charge on any atom is -0.341 e. The van der Waals surface area contributed by atoms with Crippen LogP contribution in [0.5, 0.6) is 0 Å². The van der Waals surface area contributed by atoms with Gasteiger partial charge >= 0.3 is 5.97 Å². The number of nitrogens with one attached hydrogen (secondary N) is 1. The van der Waals surface area contributed by atoms with Gasteiger partial charge in [-0.15, -0.1) is 0 Å². The van der Waals surface area contributed by atoms with Gasteiger partial charge in [0.15, 0.2) is 11.6 Å². The first-order valence-corrected chi connectivity index (χ1v) is 4.50. The zero-order chi connectivity index (χ0) is 12.1. The van der Waals surface area contributed by atoms with Gasteiger partial charge in [-0.25, -0.2) is 13.6 Å². The monoisotopic (exact) mass is 229 g/mol. The number of carbonyl (C=O) groups excluding carboxylic acids is 2. The van der Waals surface area contributed by atoms with Crippen molar-refractivity contribution in [2.75, 3.05) is 0 Å². The molecule has 0 aliphatic heterocycles. The Balaban J connectivity index is 2.74. The number of benzene rings is 1. The van der Waals surface area contributed by atoms with Crippen molar-refractivity contribution in [1.82, 2.24) is 5.48 Å². The Morgan fingerprint density at radius 2 is 2.06 bits per heavy atom.